The van der Waals surface area contributed by atoms with E-state index in [4.69, 9.17) is 4.74 Å². The first-order valence-corrected chi connectivity index (χ1v) is 7.21. The number of hydrogen-bond acceptors (Lipinski definition) is 3. The summed E-state index contributed by atoms with van der Waals surface area (Å²) in [5.74, 6) is 0.982. The van der Waals surface area contributed by atoms with E-state index in [9.17, 15) is 0 Å². The molecule has 1 aliphatic heterocycles. The molecule has 106 valence electrons. The van der Waals surface area contributed by atoms with Crippen molar-refractivity contribution in [3.05, 3.63) is 29.8 Å². The van der Waals surface area contributed by atoms with Gasteiger partial charge in [0.25, 0.3) is 0 Å². The molecule has 0 aliphatic carbocycles. The monoisotopic (exact) mass is 262 g/mol. The van der Waals surface area contributed by atoms with E-state index in [0.29, 0.717) is 6.04 Å². The molecule has 0 saturated carbocycles. The van der Waals surface area contributed by atoms with Gasteiger partial charge in [0.15, 0.2) is 0 Å². The van der Waals surface area contributed by atoms with E-state index >= 15 is 0 Å². The zero-order valence-corrected chi connectivity index (χ0v) is 12.3. The molecule has 3 heteroatoms. The molecule has 1 atom stereocenters. The molecule has 0 aromatic heterocycles. The summed E-state index contributed by atoms with van der Waals surface area (Å²) >= 11 is 0. The summed E-state index contributed by atoms with van der Waals surface area (Å²) in [4.78, 5) is 0. The Kier molecular flexibility index (Phi) is 4.83. The summed E-state index contributed by atoms with van der Waals surface area (Å²) in [5, 5.41) is 7.14. The Morgan fingerprint density at radius 2 is 2.16 bits per heavy atom. The van der Waals surface area contributed by atoms with Crippen molar-refractivity contribution in [3.8, 4) is 5.75 Å². The quantitative estimate of drug-likeness (QED) is 0.854. The Bertz CT molecular complexity index is 397. The molecular formula is C16H26N2O. The molecule has 1 aromatic carbocycles. The van der Waals surface area contributed by atoms with Crippen molar-refractivity contribution in [2.24, 2.45) is 0 Å². The predicted octanol–water partition coefficient (Wildman–Crippen LogP) is 2.31. The van der Waals surface area contributed by atoms with Gasteiger partial charge in [0.1, 0.15) is 5.75 Å². The second kappa shape index (κ2) is 6.40. The van der Waals surface area contributed by atoms with Crippen molar-refractivity contribution in [2.45, 2.75) is 38.1 Å². The van der Waals surface area contributed by atoms with Gasteiger partial charge in [-0.2, -0.15) is 0 Å². The molecule has 1 aliphatic rings. The highest BCUT2D eigenvalue weighted by molar-refractivity contribution is 5.39. The van der Waals surface area contributed by atoms with Crippen LogP contribution in [0.15, 0.2) is 24.3 Å². The summed E-state index contributed by atoms with van der Waals surface area (Å²) in [6.07, 6.45) is 2.54. The average molecular weight is 262 g/mol. The van der Waals surface area contributed by atoms with Crippen molar-refractivity contribution in [3.63, 3.8) is 0 Å². The number of benzene rings is 1. The van der Waals surface area contributed by atoms with E-state index in [0.717, 1.165) is 25.4 Å². The summed E-state index contributed by atoms with van der Waals surface area (Å²) in [6.45, 7) is 7.76. The number of rotatable bonds is 5. The Hall–Kier alpha value is -1.06. The third kappa shape index (κ3) is 3.71. The van der Waals surface area contributed by atoms with Gasteiger partial charge in [0, 0.05) is 30.1 Å². The molecule has 0 spiro atoms. The van der Waals surface area contributed by atoms with Gasteiger partial charge < -0.3 is 15.4 Å². The van der Waals surface area contributed by atoms with Gasteiger partial charge in [-0.15, -0.1) is 0 Å². The number of hydrogen-bond donors (Lipinski definition) is 2. The second-order valence-electron chi connectivity index (χ2n) is 6.01. The molecule has 1 aromatic rings. The van der Waals surface area contributed by atoms with E-state index in [-0.39, 0.29) is 5.41 Å². The fraction of sp³-hybridized carbons (Fsp3) is 0.625. The van der Waals surface area contributed by atoms with Crippen LogP contribution in [-0.2, 0) is 5.41 Å². The number of methoxy groups -OCH3 is 1. The van der Waals surface area contributed by atoms with Crippen molar-refractivity contribution < 1.29 is 4.74 Å². The maximum atomic E-state index is 5.48. The molecule has 2 N–H and O–H groups in total. The average Bonchev–Trinajstić information content (AvgIpc) is 2.46. The van der Waals surface area contributed by atoms with Crippen molar-refractivity contribution in [1.29, 1.82) is 0 Å². The smallest absolute Gasteiger partial charge is 0.122 e. The summed E-state index contributed by atoms with van der Waals surface area (Å²) in [5.41, 5.74) is 1.35. The van der Waals surface area contributed by atoms with Crippen molar-refractivity contribution in [2.75, 3.05) is 26.7 Å². The maximum absolute atomic E-state index is 5.48. The predicted molar refractivity (Wildman–Crippen MR) is 79.9 cm³/mol. The van der Waals surface area contributed by atoms with Crippen LogP contribution in [0.5, 0.6) is 5.75 Å². The van der Waals surface area contributed by atoms with E-state index in [2.05, 4.69) is 36.6 Å². The lowest BCUT2D eigenvalue weighted by Crippen LogP contribution is -2.47. The molecule has 1 fully saturated rings. The van der Waals surface area contributed by atoms with Gasteiger partial charge in [-0.05, 0) is 25.5 Å². The zero-order valence-electron chi connectivity index (χ0n) is 12.3. The largest absolute Gasteiger partial charge is 0.496 e. The Labute approximate surface area is 116 Å². The number of nitrogens with one attached hydrogen (secondary N) is 2. The minimum absolute atomic E-state index is 0.0735. The standard InChI is InChI=1S/C16H26N2O/c1-16(2,12-18-13-7-6-10-17-11-13)14-8-4-5-9-15(14)19-3/h4-5,8-9,13,17-18H,6-7,10-12H2,1-3H3. The SMILES string of the molecule is COc1ccccc1C(C)(C)CNC1CCCNC1. The van der Waals surface area contributed by atoms with Gasteiger partial charge >= 0.3 is 0 Å². The number of piperidine rings is 1. The highest BCUT2D eigenvalue weighted by Crippen LogP contribution is 2.30. The minimum Gasteiger partial charge on any atom is -0.496 e. The topological polar surface area (TPSA) is 33.3 Å². The maximum Gasteiger partial charge on any atom is 0.122 e. The molecule has 1 unspecified atom stereocenters. The molecule has 0 amide bonds. The molecule has 2 rings (SSSR count). The molecule has 0 bridgehead atoms. The lowest BCUT2D eigenvalue weighted by atomic mass is 9.83. The fourth-order valence-electron chi connectivity index (χ4n) is 2.72. The van der Waals surface area contributed by atoms with Crippen LogP contribution in [0.1, 0.15) is 32.3 Å². The van der Waals surface area contributed by atoms with Crippen LogP contribution in [0.3, 0.4) is 0 Å². The summed E-state index contributed by atoms with van der Waals surface area (Å²) < 4.78 is 5.48. The van der Waals surface area contributed by atoms with E-state index in [1.807, 2.05) is 12.1 Å². The zero-order chi connectivity index (χ0) is 13.7. The first-order valence-electron chi connectivity index (χ1n) is 7.21. The molecule has 1 saturated heterocycles. The van der Waals surface area contributed by atoms with Crippen LogP contribution < -0.4 is 15.4 Å². The van der Waals surface area contributed by atoms with Gasteiger partial charge in [0.05, 0.1) is 7.11 Å². The van der Waals surface area contributed by atoms with E-state index in [1.165, 1.54) is 18.4 Å². The van der Waals surface area contributed by atoms with Crippen LogP contribution in [-0.4, -0.2) is 32.8 Å². The third-order valence-electron chi connectivity index (χ3n) is 3.97. The summed E-state index contributed by atoms with van der Waals surface area (Å²) in [7, 11) is 1.74. The van der Waals surface area contributed by atoms with Crippen molar-refractivity contribution in [1.82, 2.24) is 10.6 Å². The van der Waals surface area contributed by atoms with Gasteiger partial charge in [-0.1, -0.05) is 32.0 Å². The first kappa shape index (κ1) is 14.4. The molecular weight excluding hydrogens is 236 g/mol. The van der Waals surface area contributed by atoms with Gasteiger partial charge in [-0.25, -0.2) is 0 Å². The molecule has 0 radical (unpaired) electrons. The normalized spacial score (nSPS) is 20.3. The Morgan fingerprint density at radius 1 is 1.37 bits per heavy atom. The highest BCUT2D eigenvalue weighted by Gasteiger charge is 2.25. The first-order chi connectivity index (χ1) is 9.13. The number of para-hydroxylation sites is 1. The third-order valence-corrected chi connectivity index (χ3v) is 3.97. The van der Waals surface area contributed by atoms with Gasteiger partial charge in [-0.3, -0.25) is 0 Å². The van der Waals surface area contributed by atoms with Crippen LogP contribution in [0.25, 0.3) is 0 Å². The minimum atomic E-state index is 0.0735. The fourth-order valence-corrected chi connectivity index (χ4v) is 2.72. The molecule has 19 heavy (non-hydrogen) atoms. The number of ether oxygens (including phenoxy) is 1. The molecule has 1 heterocycles. The van der Waals surface area contributed by atoms with E-state index in [1.54, 1.807) is 7.11 Å². The van der Waals surface area contributed by atoms with Crippen molar-refractivity contribution >= 4 is 0 Å². The van der Waals surface area contributed by atoms with Crippen LogP contribution in [0.2, 0.25) is 0 Å². The van der Waals surface area contributed by atoms with Crippen LogP contribution >= 0.6 is 0 Å². The Morgan fingerprint density at radius 3 is 2.84 bits per heavy atom. The van der Waals surface area contributed by atoms with E-state index < -0.39 is 0 Å². The van der Waals surface area contributed by atoms with Crippen LogP contribution in [0, 0.1) is 0 Å². The highest BCUT2D eigenvalue weighted by atomic mass is 16.5. The lowest BCUT2D eigenvalue weighted by Gasteiger charge is -2.31. The summed E-state index contributed by atoms with van der Waals surface area (Å²) in [6, 6.07) is 8.92. The molecule has 3 nitrogen and oxygen atoms in total. The Balaban J connectivity index is 2.00. The van der Waals surface area contributed by atoms with Gasteiger partial charge in [0.2, 0.25) is 0 Å². The van der Waals surface area contributed by atoms with Crippen LogP contribution in [0.4, 0.5) is 0 Å². The second-order valence-corrected chi connectivity index (χ2v) is 6.01. The lowest BCUT2D eigenvalue weighted by molar-refractivity contribution is 0.343.